The number of likely N-dealkylation sites (tertiary alicyclic amines) is 1. The molecule has 1 aliphatic rings. The van der Waals surface area contributed by atoms with Gasteiger partial charge in [-0.15, -0.1) is 12.4 Å². The smallest absolute Gasteiger partial charge is 0.309 e. The minimum atomic E-state index is -0.720. The van der Waals surface area contributed by atoms with Crippen LogP contribution in [0.1, 0.15) is 18.9 Å². The second kappa shape index (κ2) is 10.2. The van der Waals surface area contributed by atoms with E-state index in [2.05, 4.69) is 40.2 Å². The van der Waals surface area contributed by atoms with Gasteiger partial charge in [-0.1, -0.05) is 48.5 Å². The van der Waals surface area contributed by atoms with Crippen molar-refractivity contribution in [2.24, 2.45) is 5.92 Å². The van der Waals surface area contributed by atoms with Crippen LogP contribution in [0.4, 0.5) is 0 Å². The first kappa shape index (κ1) is 23.7. The Morgan fingerprint density at radius 2 is 1.82 bits per heavy atom. The van der Waals surface area contributed by atoms with E-state index in [1.165, 1.54) is 0 Å². The number of halogens is 1. The normalized spacial score (nSPS) is 13.9. The number of ether oxygens (including phenoxy) is 1. The first-order chi connectivity index (χ1) is 16.1. The van der Waals surface area contributed by atoms with Crippen LogP contribution < -0.4 is 4.74 Å². The quantitative estimate of drug-likeness (QED) is 0.367. The molecular formula is C26H26ClN3O4. The fourth-order valence-corrected chi connectivity index (χ4v) is 4.15. The van der Waals surface area contributed by atoms with Gasteiger partial charge in [0.15, 0.2) is 0 Å². The van der Waals surface area contributed by atoms with Crippen molar-refractivity contribution in [1.82, 2.24) is 15.0 Å². The molecule has 1 aromatic heterocycles. The van der Waals surface area contributed by atoms with Crippen LogP contribution in [0.2, 0.25) is 0 Å². The third kappa shape index (κ3) is 4.76. The molecule has 176 valence electrons. The molecule has 0 unspecified atom stereocenters. The maximum atomic E-state index is 11.1. The maximum Gasteiger partial charge on any atom is 0.309 e. The van der Waals surface area contributed by atoms with Crippen molar-refractivity contribution in [2.45, 2.75) is 19.9 Å². The number of hydrogen-bond donors (Lipinski definition) is 1. The number of rotatable bonds is 8. The summed E-state index contributed by atoms with van der Waals surface area (Å²) in [6.45, 7) is 4.65. The standard InChI is InChI=1S/C26H25N3O4.ClH/c1-2-13-32-20-10-7-17(8-11-20)25-27-24(28-33-25)23-12-9-18(21-5-3-4-6-22(21)23)14-29-15-19(16-29)26(30)31;/h3-12,19H,2,13-16H2,1H3,(H,30,31);1H. The summed E-state index contributed by atoms with van der Waals surface area (Å²) in [5.41, 5.74) is 2.90. The highest BCUT2D eigenvalue weighted by molar-refractivity contribution is 5.97. The number of hydrogen-bond acceptors (Lipinski definition) is 6. The van der Waals surface area contributed by atoms with E-state index in [0.717, 1.165) is 39.6 Å². The largest absolute Gasteiger partial charge is 0.494 e. The first-order valence-electron chi connectivity index (χ1n) is 11.2. The molecule has 1 aliphatic heterocycles. The molecule has 1 fully saturated rings. The number of carboxylic acids is 1. The summed E-state index contributed by atoms with van der Waals surface area (Å²) in [6.07, 6.45) is 0.961. The Bertz CT molecular complexity index is 1280. The Labute approximate surface area is 203 Å². The molecule has 3 aromatic carbocycles. The summed E-state index contributed by atoms with van der Waals surface area (Å²) >= 11 is 0. The topological polar surface area (TPSA) is 88.7 Å². The summed E-state index contributed by atoms with van der Waals surface area (Å²) < 4.78 is 11.2. The van der Waals surface area contributed by atoms with E-state index < -0.39 is 5.97 Å². The SMILES string of the molecule is CCCOc1ccc(-c2nc(-c3ccc(CN4CC(C(=O)O)C4)c4ccccc34)no2)cc1.Cl. The Morgan fingerprint density at radius 1 is 1.09 bits per heavy atom. The zero-order valence-electron chi connectivity index (χ0n) is 18.8. The van der Waals surface area contributed by atoms with Crippen molar-refractivity contribution in [3.63, 3.8) is 0 Å². The second-order valence-corrected chi connectivity index (χ2v) is 8.34. The lowest BCUT2D eigenvalue weighted by Crippen LogP contribution is -2.49. The van der Waals surface area contributed by atoms with Gasteiger partial charge >= 0.3 is 5.97 Å². The number of aromatic nitrogens is 2. The summed E-state index contributed by atoms with van der Waals surface area (Å²) in [4.78, 5) is 17.9. The number of benzene rings is 3. The molecule has 0 aliphatic carbocycles. The van der Waals surface area contributed by atoms with Gasteiger partial charge in [-0.05, 0) is 47.0 Å². The Morgan fingerprint density at radius 3 is 2.53 bits per heavy atom. The number of carboxylic acid groups (broad SMARTS) is 1. The zero-order valence-corrected chi connectivity index (χ0v) is 19.6. The highest BCUT2D eigenvalue weighted by Gasteiger charge is 2.32. The monoisotopic (exact) mass is 479 g/mol. The number of nitrogens with zero attached hydrogens (tertiary/aromatic N) is 3. The van der Waals surface area contributed by atoms with Gasteiger partial charge in [-0.25, -0.2) is 0 Å². The van der Waals surface area contributed by atoms with Crippen LogP contribution in [0.3, 0.4) is 0 Å². The lowest BCUT2D eigenvalue weighted by Gasteiger charge is -2.36. The van der Waals surface area contributed by atoms with E-state index in [4.69, 9.17) is 14.4 Å². The molecule has 0 atom stereocenters. The zero-order chi connectivity index (χ0) is 22.8. The van der Waals surface area contributed by atoms with Crippen molar-refractivity contribution >= 4 is 29.1 Å². The average molecular weight is 480 g/mol. The molecule has 1 saturated heterocycles. The number of aliphatic carboxylic acids is 1. The summed E-state index contributed by atoms with van der Waals surface area (Å²) in [5, 5.41) is 15.5. The summed E-state index contributed by atoms with van der Waals surface area (Å²) in [6, 6.07) is 19.9. The maximum absolute atomic E-state index is 11.1. The molecule has 0 spiro atoms. The molecular weight excluding hydrogens is 454 g/mol. The second-order valence-electron chi connectivity index (χ2n) is 8.34. The van der Waals surface area contributed by atoms with Crippen LogP contribution in [0.15, 0.2) is 65.2 Å². The number of carbonyl (C=O) groups is 1. The van der Waals surface area contributed by atoms with Gasteiger partial charge in [0, 0.05) is 30.8 Å². The lowest BCUT2D eigenvalue weighted by atomic mass is 9.95. The highest BCUT2D eigenvalue weighted by Crippen LogP contribution is 2.32. The lowest BCUT2D eigenvalue weighted by molar-refractivity contribution is -0.147. The number of fused-ring (bicyclic) bond motifs is 1. The Hall–Kier alpha value is -3.42. The van der Waals surface area contributed by atoms with E-state index in [9.17, 15) is 4.79 Å². The Kier molecular flexibility index (Phi) is 7.14. The van der Waals surface area contributed by atoms with Gasteiger partial charge in [0.25, 0.3) is 5.89 Å². The third-order valence-corrected chi connectivity index (χ3v) is 5.96. The summed E-state index contributed by atoms with van der Waals surface area (Å²) in [5.74, 6) is 0.830. The van der Waals surface area contributed by atoms with Crippen molar-refractivity contribution in [2.75, 3.05) is 19.7 Å². The molecule has 4 aromatic rings. The van der Waals surface area contributed by atoms with Gasteiger partial charge < -0.3 is 14.4 Å². The van der Waals surface area contributed by atoms with Gasteiger partial charge in [0.05, 0.1) is 12.5 Å². The van der Waals surface area contributed by atoms with E-state index in [1.54, 1.807) is 0 Å². The fourth-order valence-electron chi connectivity index (χ4n) is 4.15. The predicted octanol–water partition coefficient (Wildman–Crippen LogP) is 5.28. The Balaban J connectivity index is 0.00000274. The molecule has 1 N–H and O–H groups in total. The molecule has 0 saturated carbocycles. The van der Waals surface area contributed by atoms with Gasteiger partial charge in [0.2, 0.25) is 5.82 Å². The van der Waals surface area contributed by atoms with E-state index >= 15 is 0 Å². The van der Waals surface area contributed by atoms with E-state index in [0.29, 0.717) is 38.0 Å². The average Bonchev–Trinajstić information content (AvgIpc) is 3.29. The van der Waals surface area contributed by atoms with Crippen molar-refractivity contribution in [1.29, 1.82) is 0 Å². The van der Waals surface area contributed by atoms with Crippen molar-refractivity contribution < 1.29 is 19.2 Å². The minimum absolute atomic E-state index is 0. The van der Waals surface area contributed by atoms with Crippen LogP contribution in [-0.4, -0.2) is 45.8 Å². The van der Waals surface area contributed by atoms with Gasteiger partial charge in [-0.2, -0.15) is 4.98 Å². The molecule has 0 radical (unpaired) electrons. The van der Waals surface area contributed by atoms with Gasteiger partial charge in [0.1, 0.15) is 5.75 Å². The molecule has 8 heteroatoms. The molecule has 0 bridgehead atoms. The first-order valence-corrected chi connectivity index (χ1v) is 11.2. The predicted molar refractivity (Wildman–Crippen MR) is 132 cm³/mol. The van der Waals surface area contributed by atoms with Gasteiger partial charge in [-0.3, -0.25) is 9.69 Å². The van der Waals surface area contributed by atoms with Crippen molar-refractivity contribution in [3.05, 3.63) is 66.2 Å². The fraction of sp³-hybridized carbons (Fsp3) is 0.269. The van der Waals surface area contributed by atoms with E-state index in [1.807, 2.05) is 42.5 Å². The van der Waals surface area contributed by atoms with Crippen LogP contribution in [0, 0.1) is 5.92 Å². The minimum Gasteiger partial charge on any atom is -0.494 e. The highest BCUT2D eigenvalue weighted by atomic mass is 35.5. The molecule has 34 heavy (non-hydrogen) atoms. The summed E-state index contributed by atoms with van der Waals surface area (Å²) in [7, 11) is 0. The van der Waals surface area contributed by atoms with Crippen molar-refractivity contribution in [3.8, 4) is 28.6 Å². The van der Waals surface area contributed by atoms with Crippen LogP contribution in [-0.2, 0) is 11.3 Å². The third-order valence-electron chi connectivity index (χ3n) is 5.96. The molecule has 7 nitrogen and oxygen atoms in total. The van der Waals surface area contributed by atoms with Crippen LogP contribution in [0.5, 0.6) is 5.75 Å². The van der Waals surface area contributed by atoms with Crippen LogP contribution in [0.25, 0.3) is 33.6 Å². The van der Waals surface area contributed by atoms with Crippen LogP contribution >= 0.6 is 12.4 Å². The molecule has 5 rings (SSSR count). The van der Waals surface area contributed by atoms with E-state index in [-0.39, 0.29) is 18.3 Å². The molecule has 0 amide bonds. The molecule has 2 heterocycles.